The molecule has 2 heteroatoms. The van der Waals surface area contributed by atoms with Crippen molar-refractivity contribution in [2.24, 2.45) is 0 Å². The molecule has 2 nitrogen and oxygen atoms in total. The van der Waals surface area contributed by atoms with Crippen molar-refractivity contribution in [3.8, 4) is 0 Å². The van der Waals surface area contributed by atoms with Crippen LogP contribution in [-0.4, -0.2) is 0 Å². The van der Waals surface area contributed by atoms with Gasteiger partial charge in [0, 0.05) is 30.5 Å². The molecule has 14 heavy (non-hydrogen) atoms. The summed E-state index contributed by atoms with van der Waals surface area (Å²) >= 11 is 0. The molecule has 2 rings (SSSR count). The Morgan fingerprint density at radius 1 is 0.929 bits per heavy atom. The lowest BCUT2D eigenvalue weighted by molar-refractivity contribution is 1.09. The molecule has 1 heterocycles. The lowest BCUT2D eigenvalue weighted by Crippen LogP contribution is -2.14. The smallest absolute Gasteiger partial charge is 0.0455 e. The van der Waals surface area contributed by atoms with Gasteiger partial charge in [-0.1, -0.05) is 6.07 Å². The minimum atomic E-state index is 1.21. The predicted octanol–water partition coefficient (Wildman–Crippen LogP) is 2.66. The van der Waals surface area contributed by atoms with Crippen molar-refractivity contribution < 1.29 is 0 Å². The topological polar surface area (TPSA) is 15.3 Å². The minimum Gasteiger partial charge on any atom is -0.365 e. The van der Waals surface area contributed by atoms with Crippen LogP contribution in [0.4, 0.5) is 5.69 Å². The molecule has 1 N–H and O–H groups in total. The third kappa shape index (κ3) is 1.79. The maximum atomic E-state index is 3.01. The molecular weight excluding hydrogens is 172 g/mol. The fourth-order valence-corrected chi connectivity index (χ4v) is 1.62. The van der Waals surface area contributed by atoms with E-state index in [9.17, 15) is 0 Å². The second kappa shape index (κ2) is 3.58. The third-order valence-electron chi connectivity index (χ3n) is 2.17. The van der Waals surface area contributed by atoms with Crippen molar-refractivity contribution in [2.75, 3.05) is 4.90 Å². The lowest BCUT2D eigenvalue weighted by atomic mass is 10.1. The molecule has 0 aromatic heterocycles. The SMILES string of the molecule is Cc1cc(C)cc(N2C=CNC=C2)c1. The summed E-state index contributed by atoms with van der Waals surface area (Å²) in [6.07, 6.45) is 7.85. The third-order valence-corrected chi connectivity index (χ3v) is 2.17. The molecule has 0 unspecified atom stereocenters. The van der Waals surface area contributed by atoms with Gasteiger partial charge in [0.15, 0.2) is 0 Å². The van der Waals surface area contributed by atoms with Crippen molar-refractivity contribution in [3.05, 3.63) is 54.1 Å². The summed E-state index contributed by atoms with van der Waals surface area (Å²) in [5.74, 6) is 0. The number of nitrogens with zero attached hydrogens (tertiary/aromatic N) is 1. The first-order valence-electron chi connectivity index (χ1n) is 4.72. The molecule has 0 spiro atoms. The highest BCUT2D eigenvalue weighted by Gasteiger charge is 2.02. The van der Waals surface area contributed by atoms with Gasteiger partial charge in [0.2, 0.25) is 0 Å². The van der Waals surface area contributed by atoms with E-state index in [0.29, 0.717) is 0 Å². The van der Waals surface area contributed by atoms with Crippen LogP contribution in [0.15, 0.2) is 43.0 Å². The average molecular weight is 186 g/mol. The van der Waals surface area contributed by atoms with Crippen molar-refractivity contribution in [1.29, 1.82) is 0 Å². The summed E-state index contributed by atoms with van der Waals surface area (Å²) < 4.78 is 0. The number of nitrogens with one attached hydrogen (secondary N) is 1. The summed E-state index contributed by atoms with van der Waals surface area (Å²) in [6.45, 7) is 4.23. The van der Waals surface area contributed by atoms with Gasteiger partial charge in [0.25, 0.3) is 0 Å². The van der Waals surface area contributed by atoms with Crippen LogP contribution in [-0.2, 0) is 0 Å². The van der Waals surface area contributed by atoms with E-state index in [-0.39, 0.29) is 0 Å². The van der Waals surface area contributed by atoms with Crippen LogP contribution >= 0.6 is 0 Å². The summed E-state index contributed by atoms with van der Waals surface area (Å²) in [6, 6.07) is 6.53. The van der Waals surface area contributed by atoms with Gasteiger partial charge in [0.05, 0.1) is 0 Å². The van der Waals surface area contributed by atoms with E-state index < -0.39 is 0 Å². The van der Waals surface area contributed by atoms with Crippen molar-refractivity contribution in [1.82, 2.24) is 5.32 Å². The first-order chi connectivity index (χ1) is 6.75. The Balaban J connectivity index is 2.35. The standard InChI is InChI=1S/C12H14N2/c1-10-7-11(2)9-12(8-10)14-5-3-13-4-6-14/h3-9,13H,1-2H3. The quantitative estimate of drug-likeness (QED) is 0.725. The summed E-state index contributed by atoms with van der Waals surface area (Å²) in [7, 11) is 0. The van der Waals surface area contributed by atoms with E-state index in [4.69, 9.17) is 0 Å². The van der Waals surface area contributed by atoms with E-state index in [1.165, 1.54) is 16.8 Å². The predicted molar refractivity (Wildman–Crippen MR) is 59.8 cm³/mol. The van der Waals surface area contributed by atoms with Crippen molar-refractivity contribution in [2.45, 2.75) is 13.8 Å². The van der Waals surface area contributed by atoms with Crippen LogP contribution in [0.25, 0.3) is 0 Å². The van der Waals surface area contributed by atoms with E-state index >= 15 is 0 Å². The molecule has 1 aliphatic heterocycles. The monoisotopic (exact) mass is 186 g/mol. The van der Waals surface area contributed by atoms with Crippen LogP contribution in [0.3, 0.4) is 0 Å². The van der Waals surface area contributed by atoms with Crippen LogP contribution in [0, 0.1) is 13.8 Å². The first kappa shape index (κ1) is 8.88. The Morgan fingerprint density at radius 3 is 2.07 bits per heavy atom. The first-order valence-corrected chi connectivity index (χ1v) is 4.72. The molecule has 0 atom stereocenters. The molecule has 0 saturated heterocycles. The zero-order valence-corrected chi connectivity index (χ0v) is 8.49. The number of anilines is 1. The molecule has 0 bridgehead atoms. The molecule has 72 valence electrons. The van der Waals surface area contributed by atoms with Gasteiger partial charge in [-0.2, -0.15) is 0 Å². The average Bonchev–Trinajstić information content (AvgIpc) is 2.18. The number of hydrogen-bond acceptors (Lipinski definition) is 2. The molecule has 1 aromatic carbocycles. The number of rotatable bonds is 1. The Labute approximate surface area is 84.5 Å². The van der Waals surface area contributed by atoms with Gasteiger partial charge in [-0.25, -0.2) is 0 Å². The number of aryl methyl sites for hydroxylation is 2. The molecule has 0 aliphatic carbocycles. The maximum Gasteiger partial charge on any atom is 0.0455 e. The van der Waals surface area contributed by atoms with E-state index in [1.54, 1.807) is 0 Å². The van der Waals surface area contributed by atoms with Gasteiger partial charge in [-0.3, -0.25) is 0 Å². The fraction of sp³-hybridized carbons (Fsp3) is 0.167. The van der Waals surface area contributed by atoms with Crippen LogP contribution in [0.5, 0.6) is 0 Å². The highest BCUT2D eigenvalue weighted by atomic mass is 15.1. The van der Waals surface area contributed by atoms with Crippen LogP contribution < -0.4 is 10.2 Å². The molecule has 0 saturated carbocycles. The molecule has 1 aromatic rings. The normalized spacial score (nSPS) is 14.3. The number of benzene rings is 1. The second-order valence-corrected chi connectivity index (χ2v) is 3.55. The van der Waals surface area contributed by atoms with E-state index in [0.717, 1.165) is 0 Å². The van der Waals surface area contributed by atoms with Gasteiger partial charge < -0.3 is 10.2 Å². The maximum absolute atomic E-state index is 3.01. The largest absolute Gasteiger partial charge is 0.365 e. The second-order valence-electron chi connectivity index (χ2n) is 3.55. The zero-order chi connectivity index (χ0) is 9.97. The Bertz CT molecular complexity index is 359. The summed E-state index contributed by atoms with van der Waals surface area (Å²) in [5.41, 5.74) is 3.79. The molecule has 1 aliphatic rings. The molecule has 0 fully saturated rings. The fourth-order valence-electron chi connectivity index (χ4n) is 1.62. The van der Waals surface area contributed by atoms with Crippen LogP contribution in [0.2, 0.25) is 0 Å². The highest BCUT2D eigenvalue weighted by Crippen LogP contribution is 2.19. The molecule has 0 amide bonds. The summed E-state index contributed by atoms with van der Waals surface area (Å²) in [5, 5.41) is 3.01. The van der Waals surface area contributed by atoms with E-state index in [2.05, 4.69) is 42.3 Å². The Kier molecular flexibility index (Phi) is 2.27. The Hall–Kier alpha value is -1.70. The van der Waals surface area contributed by atoms with Gasteiger partial charge in [0.1, 0.15) is 0 Å². The van der Waals surface area contributed by atoms with Crippen molar-refractivity contribution >= 4 is 5.69 Å². The van der Waals surface area contributed by atoms with Crippen LogP contribution in [0.1, 0.15) is 11.1 Å². The minimum absolute atomic E-state index is 1.21. The molecule has 0 radical (unpaired) electrons. The molecular formula is C12H14N2. The van der Waals surface area contributed by atoms with Crippen molar-refractivity contribution in [3.63, 3.8) is 0 Å². The van der Waals surface area contributed by atoms with Gasteiger partial charge >= 0.3 is 0 Å². The van der Waals surface area contributed by atoms with Gasteiger partial charge in [-0.05, 0) is 37.1 Å². The number of hydrogen-bond donors (Lipinski definition) is 1. The lowest BCUT2D eigenvalue weighted by Gasteiger charge is -2.19. The highest BCUT2D eigenvalue weighted by molar-refractivity contribution is 5.56. The van der Waals surface area contributed by atoms with Gasteiger partial charge in [-0.15, -0.1) is 0 Å². The summed E-state index contributed by atoms with van der Waals surface area (Å²) in [4.78, 5) is 2.09. The van der Waals surface area contributed by atoms with E-state index in [1.807, 2.05) is 24.8 Å². The Morgan fingerprint density at radius 2 is 1.50 bits per heavy atom. The zero-order valence-electron chi connectivity index (χ0n) is 8.49.